The van der Waals surface area contributed by atoms with Crippen LogP contribution in [0.2, 0.25) is 0 Å². The van der Waals surface area contributed by atoms with Gasteiger partial charge in [-0.1, -0.05) is 159 Å². The van der Waals surface area contributed by atoms with Crippen LogP contribution < -0.4 is 9.64 Å². The molecule has 0 radical (unpaired) electrons. The standard InChI is InChI=1S/C57H39NO/c1-57(2)50-24-13-12-22-44(50)45-29-28-41(35-51(45)57)58(53-34-40-19-8-9-20-42(40)43-21-10-11-23-46(43)53)52-25-14-26-55-56(52)49-33-38-18-7-6-17-37(38)31-47(49)48-32-39(27-30-54(48)59-55)36-15-4-3-5-16-36/h3-35H,1-2H3. The molecular formula is C57H39NO. The SMILES string of the molecule is CC1(C)c2ccccc2-c2ccc(N(c3cccc4c3-c3cc5ccccc5cc3-c3cc(-c5ccccc5)ccc3O4)c3cc4ccccc4c4ccccc34)cc21. The average molecular weight is 754 g/mol. The molecule has 0 bridgehead atoms. The first-order valence-corrected chi connectivity index (χ1v) is 20.5. The molecule has 0 unspecified atom stereocenters. The van der Waals surface area contributed by atoms with E-state index in [0.29, 0.717) is 0 Å². The highest BCUT2D eigenvalue weighted by atomic mass is 16.5. The van der Waals surface area contributed by atoms with Crippen LogP contribution in [0.4, 0.5) is 17.1 Å². The van der Waals surface area contributed by atoms with Gasteiger partial charge in [0, 0.05) is 27.6 Å². The van der Waals surface area contributed by atoms with Gasteiger partial charge >= 0.3 is 0 Å². The molecule has 0 atom stereocenters. The minimum Gasteiger partial charge on any atom is -0.456 e. The van der Waals surface area contributed by atoms with E-state index in [1.54, 1.807) is 0 Å². The Hall–Kier alpha value is -7.42. The van der Waals surface area contributed by atoms with Gasteiger partial charge < -0.3 is 9.64 Å². The Bertz CT molecular complexity index is 3340. The summed E-state index contributed by atoms with van der Waals surface area (Å²) < 4.78 is 7.15. The first-order chi connectivity index (χ1) is 29.0. The minimum absolute atomic E-state index is 0.167. The monoisotopic (exact) mass is 753 g/mol. The zero-order chi connectivity index (χ0) is 39.2. The van der Waals surface area contributed by atoms with E-state index in [0.717, 1.165) is 56.4 Å². The van der Waals surface area contributed by atoms with Gasteiger partial charge in [0.2, 0.25) is 0 Å². The molecule has 0 saturated heterocycles. The van der Waals surface area contributed by atoms with Gasteiger partial charge in [0.05, 0.1) is 11.4 Å². The molecule has 1 heterocycles. The molecule has 10 aromatic carbocycles. The maximum Gasteiger partial charge on any atom is 0.137 e. The van der Waals surface area contributed by atoms with Crippen molar-refractivity contribution in [2.24, 2.45) is 0 Å². The van der Waals surface area contributed by atoms with Crippen LogP contribution in [0, 0.1) is 0 Å². The summed E-state index contributed by atoms with van der Waals surface area (Å²) in [6.45, 7) is 4.73. The highest BCUT2D eigenvalue weighted by molar-refractivity contribution is 6.16. The lowest BCUT2D eigenvalue weighted by molar-refractivity contribution is 0.488. The third-order valence-electron chi connectivity index (χ3n) is 12.8. The molecule has 2 aliphatic rings. The van der Waals surface area contributed by atoms with Crippen molar-refractivity contribution in [3.63, 3.8) is 0 Å². The van der Waals surface area contributed by atoms with Gasteiger partial charge in [-0.3, -0.25) is 0 Å². The van der Waals surface area contributed by atoms with Gasteiger partial charge in [0.1, 0.15) is 11.5 Å². The van der Waals surface area contributed by atoms with Crippen LogP contribution in [0.15, 0.2) is 200 Å². The molecule has 0 aromatic heterocycles. The van der Waals surface area contributed by atoms with Crippen molar-refractivity contribution in [3.8, 4) is 56.0 Å². The third kappa shape index (κ3) is 5.13. The number of anilines is 3. The summed E-state index contributed by atoms with van der Waals surface area (Å²) >= 11 is 0. The molecular weight excluding hydrogens is 715 g/mol. The molecule has 2 nitrogen and oxygen atoms in total. The maximum absolute atomic E-state index is 7.15. The number of nitrogens with zero attached hydrogens (tertiary/aromatic N) is 1. The number of benzene rings is 10. The largest absolute Gasteiger partial charge is 0.456 e. The van der Waals surface area contributed by atoms with Crippen LogP contribution in [-0.2, 0) is 5.41 Å². The highest BCUT2D eigenvalue weighted by Crippen LogP contribution is 2.56. The van der Waals surface area contributed by atoms with Gasteiger partial charge in [0.25, 0.3) is 0 Å². The Balaban J connectivity index is 1.17. The van der Waals surface area contributed by atoms with Crippen LogP contribution in [0.25, 0.3) is 76.8 Å². The second kappa shape index (κ2) is 12.8. The lowest BCUT2D eigenvalue weighted by Gasteiger charge is -2.31. The van der Waals surface area contributed by atoms with Gasteiger partial charge in [-0.15, -0.1) is 0 Å². The van der Waals surface area contributed by atoms with Crippen molar-refractivity contribution in [3.05, 3.63) is 211 Å². The van der Waals surface area contributed by atoms with Crippen molar-refractivity contribution in [2.45, 2.75) is 19.3 Å². The van der Waals surface area contributed by atoms with Crippen molar-refractivity contribution in [1.82, 2.24) is 0 Å². The number of fused-ring (bicyclic) bond motifs is 12. The molecule has 278 valence electrons. The molecule has 0 amide bonds. The van der Waals surface area contributed by atoms with Crippen molar-refractivity contribution in [2.75, 3.05) is 4.90 Å². The molecule has 0 N–H and O–H groups in total. The van der Waals surface area contributed by atoms with Crippen LogP contribution in [-0.4, -0.2) is 0 Å². The van der Waals surface area contributed by atoms with E-state index in [1.165, 1.54) is 60.1 Å². The lowest BCUT2D eigenvalue weighted by atomic mass is 9.82. The van der Waals surface area contributed by atoms with E-state index in [-0.39, 0.29) is 5.41 Å². The third-order valence-corrected chi connectivity index (χ3v) is 12.8. The summed E-state index contributed by atoms with van der Waals surface area (Å²) in [7, 11) is 0. The van der Waals surface area contributed by atoms with Gasteiger partial charge in [-0.05, 0) is 126 Å². The molecule has 0 saturated carbocycles. The Kier molecular flexibility index (Phi) is 7.31. The second-order valence-electron chi connectivity index (χ2n) is 16.5. The zero-order valence-corrected chi connectivity index (χ0v) is 32.9. The van der Waals surface area contributed by atoms with E-state index in [1.807, 2.05) is 0 Å². The van der Waals surface area contributed by atoms with Crippen molar-refractivity contribution >= 4 is 49.4 Å². The first kappa shape index (κ1) is 33.7. The summed E-state index contributed by atoms with van der Waals surface area (Å²) in [6, 6.07) is 73.3. The fourth-order valence-corrected chi connectivity index (χ4v) is 9.95. The van der Waals surface area contributed by atoms with E-state index >= 15 is 0 Å². The summed E-state index contributed by atoms with van der Waals surface area (Å²) in [4.78, 5) is 2.50. The van der Waals surface area contributed by atoms with E-state index in [9.17, 15) is 0 Å². The Morgan fingerprint density at radius 3 is 1.88 bits per heavy atom. The number of rotatable bonds is 4. The Morgan fingerprint density at radius 2 is 1.05 bits per heavy atom. The number of hydrogen-bond acceptors (Lipinski definition) is 2. The summed E-state index contributed by atoms with van der Waals surface area (Å²) in [6.07, 6.45) is 0. The number of ether oxygens (including phenoxy) is 1. The van der Waals surface area contributed by atoms with Crippen LogP contribution >= 0.6 is 0 Å². The predicted molar refractivity (Wildman–Crippen MR) is 248 cm³/mol. The fraction of sp³-hybridized carbons (Fsp3) is 0.0526. The van der Waals surface area contributed by atoms with E-state index in [2.05, 4.69) is 219 Å². The van der Waals surface area contributed by atoms with Crippen LogP contribution in [0.5, 0.6) is 11.5 Å². The molecule has 12 rings (SSSR count). The van der Waals surface area contributed by atoms with E-state index < -0.39 is 0 Å². The molecule has 1 aliphatic heterocycles. The summed E-state index contributed by atoms with van der Waals surface area (Å²) in [5.41, 5.74) is 15.2. The molecule has 1 aliphatic carbocycles. The summed E-state index contributed by atoms with van der Waals surface area (Å²) in [5, 5.41) is 7.25. The fourth-order valence-electron chi connectivity index (χ4n) is 9.95. The van der Waals surface area contributed by atoms with Crippen LogP contribution in [0.3, 0.4) is 0 Å². The van der Waals surface area contributed by atoms with Crippen molar-refractivity contribution < 1.29 is 4.74 Å². The Labute approximate surface area is 344 Å². The average Bonchev–Trinajstić information content (AvgIpc) is 3.42. The van der Waals surface area contributed by atoms with Gasteiger partial charge in [-0.2, -0.15) is 0 Å². The molecule has 2 heteroatoms. The molecule has 0 spiro atoms. The highest BCUT2D eigenvalue weighted by Gasteiger charge is 2.36. The molecule has 0 fully saturated rings. The summed E-state index contributed by atoms with van der Waals surface area (Å²) in [5.74, 6) is 1.67. The second-order valence-corrected chi connectivity index (χ2v) is 16.5. The first-order valence-electron chi connectivity index (χ1n) is 20.5. The quantitative estimate of drug-likeness (QED) is 0.166. The van der Waals surface area contributed by atoms with Gasteiger partial charge in [-0.25, -0.2) is 0 Å². The Morgan fingerprint density at radius 1 is 0.373 bits per heavy atom. The molecule has 10 aromatic rings. The predicted octanol–water partition coefficient (Wildman–Crippen LogP) is 16.0. The zero-order valence-electron chi connectivity index (χ0n) is 32.9. The van der Waals surface area contributed by atoms with E-state index in [4.69, 9.17) is 4.74 Å². The minimum atomic E-state index is -0.167. The molecule has 59 heavy (non-hydrogen) atoms. The smallest absolute Gasteiger partial charge is 0.137 e. The lowest BCUT2D eigenvalue weighted by Crippen LogP contribution is -2.17. The van der Waals surface area contributed by atoms with Crippen LogP contribution in [0.1, 0.15) is 25.0 Å². The number of hydrogen-bond donors (Lipinski definition) is 0. The topological polar surface area (TPSA) is 12.5 Å². The van der Waals surface area contributed by atoms with Gasteiger partial charge in [0.15, 0.2) is 0 Å². The normalized spacial score (nSPS) is 13.2. The van der Waals surface area contributed by atoms with Crippen molar-refractivity contribution in [1.29, 1.82) is 0 Å². The maximum atomic E-state index is 7.15.